The van der Waals surface area contributed by atoms with Crippen LogP contribution in [0.15, 0.2) is 72.9 Å². The Morgan fingerprint density at radius 1 is 1.08 bits per heavy atom. The molecule has 3 aromatic rings. The van der Waals surface area contributed by atoms with E-state index < -0.39 is 0 Å². The number of aromatic nitrogens is 1. The predicted molar refractivity (Wildman–Crippen MR) is 104 cm³/mol. The molecule has 0 fully saturated rings. The molecule has 0 saturated carbocycles. The van der Waals surface area contributed by atoms with Crippen LogP contribution in [0.25, 0.3) is 11.6 Å². The van der Waals surface area contributed by atoms with Gasteiger partial charge in [-0.1, -0.05) is 29.8 Å². The van der Waals surface area contributed by atoms with Gasteiger partial charge in [-0.15, -0.1) is 0 Å². The van der Waals surface area contributed by atoms with Crippen molar-refractivity contribution in [3.05, 3.63) is 94.8 Å². The molecule has 0 aliphatic carbocycles. The molecule has 3 rings (SSSR count). The molecule has 1 aromatic heterocycles. The number of pyridine rings is 1. The fourth-order valence-corrected chi connectivity index (χ4v) is 2.49. The molecular formula is C21H14ClN3O. The van der Waals surface area contributed by atoms with E-state index in [0.717, 1.165) is 5.56 Å². The van der Waals surface area contributed by atoms with E-state index >= 15 is 0 Å². The molecule has 0 spiro atoms. The van der Waals surface area contributed by atoms with Crippen LogP contribution >= 0.6 is 11.6 Å². The summed E-state index contributed by atoms with van der Waals surface area (Å²) < 4.78 is 0. The minimum atomic E-state index is -0.229. The normalized spacial score (nSPS) is 10.8. The molecule has 1 N–H and O–H groups in total. The maximum atomic E-state index is 12.3. The average molecular weight is 360 g/mol. The minimum absolute atomic E-state index is 0.229. The van der Waals surface area contributed by atoms with Crippen molar-refractivity contribution in [3.8, 4) is 6.07 Å². The van der Waals surface area contributed by atoms with Crippen molar-refractivity contribution in [2.24, 2.45) is 0 Å². The Kier molecular flexibility index (Phi) is 5.43. The molecule has 1 heterocycles. The fraction of sp³-hybridized carbons (Fsp3) is 0. The summed E-state index contributed by atoms with van der Waals surface area (Å²) in [6.45, 7) is 0. The molecule has 1 amide bonds. The molecule has 0 aliphatic heterocycles. The number of allylic oxidation sites excluding steroid dienone is 1. The number of nitrogens with one attached hydrogen (secondary N) is 1. The van der Waals surface area contributed by atoms with Crippen molar-refractivity contribution in [1.29, 1.82) is 5.26 Å². The largest absolute Gasteiger partial charge is 0.322 e. The van der Waals surface area contributed by atoms with Gasteiger partial charge in [0.15, 0.2) is 0 Å². The Morgan fingerprint density at radius 3 is 2.58 bits per heavy atom. The fourth-order valence-electron chi connectivity index (χ4n) is 2.36. The zero-order chi connectivity index (χ0) is 18.4. The van der Waals surface area contributed by atoms with Crippen LogP contribution in [0.3, 0.4) is 0 Å². The Bertz CT molecular complexity index is 990. The summed E-state index contributed by atoms with van der Waals surface area (Å²) in [5.74, 6) is -0.229. The Morgan fingerprint density at radius 2 is 1.88 bits per heavy atom. The van der Waals surface area contributed by atoms with E-state index in [1.165, 1.54) is 0 Å². The number of nitriles is 1. The number of halogens is 1. The molecule has 0 bridgehead atoms. The lowest BCUT2D eigenvalue weighted by Crippen LogP contribution is -2.11. The van der Waals surface area contributed by atoms with Gasteiger partial charge in [-0.05, 0) is 60.2 Å². The Balaban J connectivity index is 1.82. The molecular weight excluding hydrogens is 346 g/mol. The van der Waals surface area contributed by atoms with Crippen molar-refractivity contribution in [2.45, 2.75) is 0 Å². The second-order valence-corrected chi connectivity index (χ2v) is 5.91. The summed E-state index contributed by atoms with van der Waals surface area (Å²) >= 11 is 5.84. The predicted octanol–water partition coefficient (Wildman–Crippen LogP) is 5.05. The second-order valence-electron chi connectivity index (χ2n) is 5.47. The van der Waals surface area contributed by atoms with Gasteiger partial charge in [0, 0.05) is 22.5 Å². The van der Waals surface area contributed by atoms with Crippen LogP contribution in [0.2, 0.25) is 5.02 Å². The number of amides is 1. The number of hydrogen-bond acceptors (Lipinski definition) is 3. The number of carbonyl (C=O) groups excluding carboxylic acids is 1. The molecule has 0 radical (unpaired) electrons. The third-order valence-electron chi connectivity index (χ3n) is 3.62. The summed E-state index contributed by atoms with van der Waals surface area (Å²) in [6, 6.07) is 21.5. The highest BCUT2D eigenvalue weighted by molar-refractivity contribution is 6.30. The smallest absolute Gasteiger partial charge is 0.255 e. The molecule has 126 valence electrons. The molecule has 0 aliphatic rings. The lowest BCUT2D eigenvalue weighted by Gasteiger charge is -2.07. The van der Waals surface area contributed by atoms with Gasteiger partial charge in [0.2, 0.25) is 0 Å². The number of rotatable bonds is 4. The van der Waals surface area contributed by atoms with E-state index in [2.05, 4.69) is 16.4 Å². The number of hydrogen-bond donors (Lipinski definition) is 1. The molecule has 5 heteroatoms. The van der Waals surface area contributed by atoms with Crippen molar-refractivity contribution >= 4 is 34.8 Å². The number of nitrogens with zero attached hydrogens (tertiary/aromatic N) is 2. The van der Waals surface area contributed by atoms with E-state index in [9.17, 15) is 10.1 Å². The quantitative estimate of drug-likeness (QED) is 0.663. The average Bonchev–Trinajstić information content (AvgIpc) is 2.67. The molecule has 0 atom stereocenters. The van der Waals surface area contributed by atoms with Crippen LogP contribution in [0, 0.1) is 11.3 Å². The van der Waals surface area contributed by atoms with E-state index in [1.807, 2.05) is 18.2 Å². The maximum absolute atomic E-state index is 12.3. The highest BCUT2D eigenvalue weighted by Gasteiger charge is 2.07. The monoisotopic (exact) mass is 359 g/mol. The standard InChI is InChI=1S/C21H14ClN3O/c22-18-9-7-16(8-10-18)21(26)25-19-5-3-4-15(13-19)12-17(14-23)20-6-1-2-11-24-20/h1-13H,(H,25,26). The Hall–Kier alpha value is -3.42. The highest BCUT2D eigenvalue weighted by atomic mass is 35.5. The van der Waals surface area contributed by atoms with Gasteiger partial charge >= 0.3 is 0 Å². The van der Waals surface area contributed by atoms with Crippen molar-refractivity contribution < 1.29 is 4.79 Å². The van der Waals surface area contributed by atoms with Gasteiger partial charge in [-0.2, -0.15) is 5.26 Å². The van der Waals surface area contributed by atoms with Gasteiger partial charge in [0.25, 0.3) is 5.91 Å². The first-order chi connectivity index (χ1) is 12.7. The van der Waals surface area contributed by atoms with Crippen LogP contribution in [-0.4, -0.2) is 10.9 Å². The van der Waals surface area contributed by atoms with Crippen LogP contribution < -0.4 is 5.32 Å². The van der Waals surface area contributed by atoms with E-state index in [1.54, 1.807) is 60.8 Å². The SMILES string of the molecule is N#CC(=Cc1cccc(NC(=O)c2ccc(Cl)cc2)c1)c1ccccn1. The number of benzene rings is 2. The molecule has 4 nitrogen and oxygen atoms in total. The van der Waals surface area contributed by atoms with E-state index in [0.29, 0.717) is 27.5 Å². The van der Waals surface area contributed by atoms with Crippen LogP contribution in [0.1, 0.15) is 21.6 Å². The molecule has 26 heavy (non-hydrogen) atoms. The molecule has 0 saturated heterocycles. The van der Waals surface area contributed by atoms with Gasteiger partial charge in [-0.25, -0.2) is 0 Å². The Labute approximate surface area is 156 Å². The maximum Gasteiger partial charge on any atom is 0.255 e. The zero-order valence-corrected chi connectivity index (χ0v) is 14.4. The summed E-state index contributed by atoms with van der Waals surface area (Å²) in [7, 11) is 0. The third-order valence-corrected chi connectivity index (χ3v) is 3.88. The van der Waals surface area contributed by atoms with Crippen molar-refractivity contribution in [3.63, 3.8) is 0 Å². The first-order valence-corrected chi connectivity index (χ1v) is 8.24. The summed E-state index contributed by atoms with van der Waals surface area (Å²) in [5, 5.41) is 12.8. The molecule has 2 aromatic carbocycles. The van der Waals surface area contributed by atoms with Gasteiger partial charge < -0.3 is 5.32 Å². The van der Waals surface area contributed by atoms with Gasteiger partial charge in [0.05, 0.1) is 11.3 Å². The minimum Gasteiger partial charge on any atom is -0.322 e. The summed E-state index contributed by atoms with van der Waals surface area (Å²) in [6.07, 6.45) is 3.38. The first kappa shape index (κ1) is 17.4. The highest BCUT2D eigenvalue weighted by Crippen LogP contribution is 2.19. The number of carbonyl (C=O) groups is 1. The molecule has 0 unspecified atom stereocenters. The van der Waals surface area contributed by atoms with Crippen molar-refractivity contribution in [2.75, 3.05) is 5.32 Å². The van der Waals surface area contributed by atoms with Crippen LogP contribution in [0.4, 0.5) is 5.69 Å². The van der Waals surface area contributed by atoms with E-state index in [-0.39, 0.29) is 5.91 Å². The first-order valence-electron chi connectivity index (χ1n) is 7.86. The topological polar surface area (TPSA) is 65.8 Å². The van der Waals surface area contributed by atoms with Crippen LogP contribution in [-0.2, 0) is 0 Å². The van der Waals surface area contributed by atoms with Crippen molar-refractivity contribution in [1.82, 2.24) is 4.98 Å². The second kappa shape index (κ2) is 8.11. The third kappa shape index (κ3) is 4.35. The van der Waals surface area contributed by atoms with E-state index in [4.69, 9.17) is 11.6 Å². The summed E-state index contributed by atoms with van der Waals surface area (Å²) in [5.41, 5.74) is 3.00. The van der Waals surface area contributed by atoms with Gasteiger partial charge in [0.1, 0.15) is 6.07 Å². The number of anilines is 1. The van der Waals surface area contributed by atoms with Gasteiger partial charge in [-0.3, -0.25) is 9.78 Å². The summed E-state index contributed by atoms with van der Waals surface area (Å²) in [4.78, 5) is 16.5. The van der Waals surface area contributed by atoms with Crippen LogP contribution in [0.5, 0.6) is 0 Å². The lowest BCUT2D eigenvalue weighted by atomic mass is 10.1. The zero-order valence-electron chi connectivity index (χ0n) is 13.7. The lowest BCUT2D eigenvalue weighted by molar-refractivity contribution is 0.102.